The summed E-state index contributed by atoms with van der Waals surface area (Å²) in [5, 5.41) is 22.0. The fourth-order valence-corrected chi connectivity index (χ4v) is 2.15. The number of aliphatic hydroxyl groups excluding tert-OH is 1. The first-order valence-electron chi connectivity index (χ1n) is 5.72. The van der Waals surface area contributed by atoms with Crippen LogP contribution in [0.3, 0.4) is 0 Å². The SMILES string of the molecule is C[C@H]1Cn2nc(CO)cc2CN1CCC(=O)O. The van der Waals surface area contributed by atoms with E-state index >= 15 is 0 Å². The van der Waals surface area contributed by atoms with Crippen LogP contribution >= 0.6 is 0 Å². The lowest BCUT2D eigenvalue weighted by atomic mass is 10.2. The van der Waals surface area contributed by atoms with Crippen molar-refractivity contribution in [1.82, 2.24) is 14.7 Å². The van der Waals surface area contributed by atoms with Crippen molar-refractivity contribution in [3.8, 4) is 0 Å². The van der Waals surface area contributed by atoms with Gasteiger partial charge in [0.15, 0.2) is 0 Å². The number of rotatable bonds is 4. The monoisotopic (exact) mass is 239 g/mol. The Balaban J connectivity index is 2.06. The van der Waals surface area contributed by atoms with E-state index < -0.39 is 5.97 Å². The van der Waals surface area contributed by atoms with E-state index in [-0.39, 0.29) is 19.1 Å². The number of carboxylic acids is 1. The van der Waals surface area contributed by atoms with E-state index in [1.165, 1.54) is 0 Å². The molecule has 1 aromatic heterocycles. The van der Waals surface area contributed by atoms with Gasteiger partial charge in [0.25, 0.3) is 0 Å². The Hall–Kier alpha value is -1.40. The molecule has 1 aliphatic heterocycles. The van der Waals surface area contributed by atoms with Crippen molar-refractivity contribution in [1.29, 1.82) is 0 Å². The van der Waals surface area contributed by atoms with Crippen molar-refractivity contribution < 1.29 is 15.0 Å². The highest BCUT2D eigenvalue weighted by Gasteiger charge is 2.24. The topological polar surface area (TPSA) is 78.6 Å². The Labute approximate surface area is 99.5 Å². The Morgan fingerprint density at radius 1 is 1.65 bits per heavy atom. The predicted octanol–water partition coefficient (Wildman–Crippen LogP) is 0.0542. The minimum Gasteiger partial charge on any atom is -0.481 e. The van der Waals surface area contributed by atoms with Gasteiger partial charge in [0, 0.05) is 19.1 Å². The molecule has 0 spiro atoms. The highest BCUT2D eigenvalue weighted by atomic mass is 16.4. The molecule has 2 rings (SSSR count). The van der Waals surface area contributed by atoms with Crippen LogP contribution in [0.25, 0.3) is 0 Å². The summed E-state index contributed by atoms with van der Waals surface area (Å²) in [4.78, 5) is 12.7. The highest BCUT2D eigenvalue weighted by Crippen LogP contribution is 2.18. The van der Waals surface area contributed by atoms with Gasteiger partial charge in [0.05, 0.1) is 31.0 Å². The molecule has 0 radical (unpaired) electrons. The van der Waals surface area contributed by atoms with Crippen molar-refractivity contribution >= 4 is 5.97 Å². The molecule has 0 aliphatic carbocycles. The first-order chi connectivity index (χ1) is 8.10. The Morgan fingerprint density at radius 3 is 3.06 bits per heavy atom. The second-order valence-corrected chi connectivity index (χ2v) is 4.43. The average molecular weight is 239 g/mol. The number of aliphatic hydroxyl groups is 1. The third kappa shape index (κ3) is 2.65. The summed E-state index contributed by atoms with van der Waals surface area (Å²) in [5.74, 6) is -0.771. The Bertz CT molecular complexity index is 416. The van der Waals surface area contributed by atoms with Crippen LogP contribution in [0.2, 0.25) is 0 Å². The molecule has 94 valence electrons. The number of hydrogen-bond acceptors (Lipinski definition) is 4. The number of hydrogen-bond donors (Lipinski definition) is 2. The van der Waals surface area contributed by atoms with Gasteiger partial charge in [0.1, 0.15) is 0 Å². The second-order valence-electron chi connectivity index (χ2n) is 4.43. The number of nitrogens with zero attached hydrogens (tertiary/aromatic N) is 3. The lowest BCUT2D eigenvalue weighted by Gasteiger charge is -2.33. The molecule has 2 N–H and O–H groups in total. The molecule has 0 bridgehead atoms. The molecule has 2 heterocycles. The molecule has 0 fully saturated rings. The molecule has 1 atom stereocenters. The maximum absolute atomic E-state index is 10.6. The van der Waals surface area contributed by atoms with Crippen molar-refractivity contribution in [2.24, 2.45) is 0 Å². The molecule has 6 heteroatoms. The fourth-order valence-electron chi connectivity index (χ4n) is 2.15. The van der Waals surface area contributed by atoms with Crippen LogP contribution in [0.15, 0.2) is 6.07 Å². The lowest BCUT2D eigenvalue weighted by Crippen LogP contribution is -2.42. The lowest BCUT2D eigenvalue weighted by molar-refractivity contribution is -0.137. The van der Waals surface area contributed by atoms with Crippen LogP contribution in [-0.2, 0) is 24.5 Å². The zero-order valence-corrected chi connectivity index (χ0v) is 9.83. The molecular weight excluding hydrogens is 222 g/mol. The third-order valence-electron chi connectivity index (χ3n) is 3.11. The van der Waals surface area contributed by atoms with E-state index in [4.69, 9.17) is 10.2 Å². The van der Waals surface area contributed by atoms with E-state index in [2.05, 4.69) is 16.9 Å². The number of carboxylic acid groups (broad SMARTS) is 1. The van der Waals surface area contributed by atoms with Gasteiger partial charge < -0.3 is 10.2 Å². The molecule has 0 amide bonds. The number of aliphatic carboxylic acids is 1. The summed E-state index contributed by atoms with van der Waals surface area (Å²) in [6.45, 7) is 4.00. The molecule has 1 aromatic rings. The van der Waals surface area contributed by atoms with Crippen LogP contribution in [-0.4, -0.2) is 43.4 Å². The second kappa shape index (κ2) is 4.85. The molecule has 0 saturated carbocycles. The van der Waals surface area contributed by atoms with Crippen LogP contribution < -0.4 is 0 Å². The van der Waals surface area contributed by atoms with Crippen LogP contribution in [0.1, 0.15) is 24.7 Å². The van der Waals surface area contributed by atoms with Crippen molar-refractivity contribution in [2.75, 3.05) is 6.54 Å². The maximum atomic E-state index is 10.6. The fraction of sp³-hybridized carbons (Fsp3) is 0.636. The van der Waals surface area contributed by atoms with Crippen LogP contribution in [0.5, 0.6) is 0 Å². The normalized spacial score (nSPS) is 20.2. The minimum absolute atomic E-state index is 0.0521. The summed E-state index contributed by atoms with van der Waals surface area (Å²) in [5.41, 5.74) is 1.71. The highest BCUT2D eigenvalue weighted by molar-refractivity contribution is 5.66. The smallest absolute Gasteiger partial charge is 0.304 e. The molecule has 0 aromatic carbocycles. The summed E-state index contributed by atoms with van der Waals surface area (Å²) in [7, 11) is 0. The third-order valence-corrected chi connectivity index (χ3v) is 3.11. The number of carbonyl (C=O) groups is 1. The zero-order valence-electron chi connectivity index (χ0n) is 9.83. The van der Waals surface area contributed by atoms with Gasteiger partial charge in [-0.15, -0.1) is 0 Å². The van der Waals surface area contributed by atoms with Crippen LogP contribution in [0, 0.1) is 0 Å². The van der Waals surface area contributed by atoms with Crippen molar-refractivity contribution in [3.05, 3.63) is 17.5 Å². The molecule has 17 heavy (non-hydrogen) atoms. The van der Waals surface area contributed by atoms with Gasteiger partial charge in [0.2, 0.25) is 0 Å². The molecular formula is C11H17N3O3. The van der Waals surface area contributed by atoms with Gasteiger partial charge in [-0.3, -0.25) is 14.4 Å². The van der Waals surface area contributed by atoms with E-state index in [1.54, 1.807) is 0 Å². The van der Waals surface area contributed by atoms with E-state index in [1.807, 2.05) is 10.7 Å². The van der Waals surface area contributed by atoms with Crippen LogP contribution in [0.4, 0.5) is 0 Å². The molecule has 0 unspecified atom stereocenters. The van der Waals surface area contributed by atoms with Gasteiger partial charge in [-0.2, -0.15) is 5.10 Å². The Kier molecular flexibility index (Phi) is 3.44. The first-order valence-corrected chi connectivity index (χ1v) is 5.72. The zero-order chi connectivity index (χ0) is 12.4. The summed E-state index contributed by atoms with van der Waals surface area (Å²) < 4.78 is 1.90. The predicted molar refractivity (Wildman–Crippen MR) is 60.3 cm³/mol. The number of fused-ring (bicyclic) bond motifs is 1. The van der Waals surface area contributed by atoms with Gasteiger partial charge in [-0.1, -0.05) is 0 Å². The summed E-state index contributed by atoms with van der Waals surface area (Å²) in [6.07, 6.45) is 0.158. The summed E-state index contributed by atoms with van der Waals surface area (Å²) in [6, 6.07) is 2.15. The van der Waals surface area contributed by atoms with Crippen molar-refractivity contribution in [2.45, 2.75) is 39.1 Å². The maximum Gasteiger partial charge on any atom is 0.304 e. The molecule has 6 nitrogen and oxygen atoms in total. The van der Waals surface area contributed by atoms with E-state index in [0.29, 0.717) is 18.8 Å². The molecule has 0 saturated heterocycles. The summed E-state index contributed by atoms with van der Waals surface area (Å²) >= 11 is 0. The van der Waals surface area contributed by atoms with Crippen molar-refractivity contribution in [3.63, 3.8) is 0 Å². The first kappa shape index (κ1) is 12.1. The van der Waals surface area contributed by atoms with E-state index in [0.717, 1.165) is 12.2 Å². The standard InChI is InChI=1S/C11H17N3O3/c1-8-5-14-10(4-9(7-15)12-14)6-13(8)3-2-11(16)17/h4,8,15H,2-3,5-7H2,1H3,(H,16,17)/t8-/m0/s1. The molecule has 1 aliphatic rings. The number of aromatic nitrogens is 2. The minimum atomic E-state index is -0.771. The van der Waals surface area contributed by atoms with Gasteiger partial charge >= 0.3 is 5.97 Å². The van der Waals surface area contributed by atoms with E-state index in [9.17, 15) is 4.79 Å². The quantitative estimate of drug-likeness (QED) is 0.776. The average Bonchev–Trinajstić information content (AvgIpc) is 2.67. The Morgan fingerprint density at radius 2 is 2.41 bits per heavy atom. The largest absolute Gasteiger partial charge is 0.481 e. The van der Waals surface area contributed by atoms with Gasteiger partial charge in [-0.05, 0) is 13.0 Å². The van der Waals surface area contributed by atoms with Gasteiger partial charge in [-0.25, -0.2) is 0 Å².